The Hall–Kier alpha value is -2.29. The molecule has 0 saturated carbocycles. The number of ether oxygens (including phenoxy) is 1. The van der Waals surface area contributed by atoms with Crippen molar-refractivity contribution in [2.75, 3.05) is 13.2 Å². The van der Waals surface area contributed by atoms with E-state index in [2.05, 4.69) is 10.4 Å². The molecule has 1 aliphatic rings. The van der Waals surface area contributed by atoms with Crippen LogP contribution in [0.4, 0.5) is 13.2 Å². The number of aromatic nitrogens is 2. The molecule has 1 amide bonds. The molecule has 3 rings (SSSR count). The van der Waals surface area contributed by atoms with Crippen LogP contribution in [0.1, 0.15) is 27.5 Å². The quantitative estimate of drug-likeness (QED) is 0.931. The average Bonchev–Trinajstić information content (AvgIpc) is 3.14. The van der Waals surface area contributed by atoms with E-state index in [0.717, 1.165) is 0 Å². The van der Waals surface area contributed by atoms with Gasteiger partial charge >= 0.3 is 6.18 Å². The summed E-state index contributed by atoms with van der Waals surface area (Å²) in [5.41, 5.74) is -0.318. The van der Waals surface area contributed by atoms with Crippen molar-refractivity contribution in [3.8, 4) is 0 Å². The van der Waals surface area contributed by atoms with Crippen LogP contribution in [0.2, 0.25) is 0 Å². The van der Waals surface area contributed by atoms with Gasteiger partial charge in [-0.25, -0.2) is 0 Å². The van der Waals surface area contributed by atoms with Crippen LogP contribution >= 0.6 is 0 Å². The third-order valence-corrected chi connectivity index (χ3v) is 3.52. The van der Waals surface area contributed by atoms with E-state index in [4.69, 9.17) is 9.15 Å². The highest BCUT2D eigenvalue weighted by molar-refractivity contribution is 5.91. The van der Waals surface area contributed by atoms with E-state index in [9.17, 15) is 18.0 Å². The molecule has 0 atom stereocenters. The van der Waals surface area contributed by atoms with Gasteiger partial charge in [0.2, 0.25) is 0 Å². The van der Waals surface area contributed by atoms with Gasteiger partial charge < -0.3 is 14.5 Å². The highest BCUT2D eigenvalue weighted by Gasteiger charge is 2.39. The third kappa shape index (κ3) is 3.24. The molecule has 124 valence electrons. The molecule has 0 bridgehead atoms. The van der Waals surface area contributed by atoms with Crippen LogP contribution in [0.15, 0.2) is 22.8 Å². The van der Waals surface area contributed by atoms with Gasteiger partial charge in [0.05, 0.1) is 26.0 Å². The zero-order chi connectivity index (χ0) is 16.4. The van der Waals surface area contributed by atoms with Crippen LogP contribution < -0.4 is 5.32 Å². The lowest BCUT2D eigenvalue weighted by Gasteiger charge is -2.15. The van der Waals surface area contributed by atoms with E-state index < -0.39 is 17.8 Å². The Balaban J connectivity index is 1.70. The number of furan rings is 1. The predicted octanol–water partition coefficient (Wildman–Crippen LogP) is 2.00. The Kier molecular flexibility index (Phi) is 4.12. The lowest BCUT2D eigenvalue weighted by Crippen LogP contribution is -2.28. The molecule has 23 heavy (non-hydrogen) atoms. The third-order valence-electron chi connectivity index (χ3n) is 3.52. The van der Waals surface area contributed by atoms with E-state index in [-0.39, 0.29) is 31.0 Å². The molecule has 9 heteroatoms. The van der Waals surface area contributed by atoms with Crippen molar-refractivity contribution in [3.63, 3.8) is 0 Å². The summed E-state index contributed by atoms with van der Waals surface area (Å²) in [5, 5.41) is 6.24. The maximum absolute atomic E-state index is 13.0. The van der Waals surface area contributed by atoms with E-state index in [1.54, 1.807) is 6.07 Å². The summed E-state index contributed by atoms with van der Waals surface area (Å²) in [6.45, 7) is 0.550. The topological polar surface area (TPSA) is 69.3 Å². The van der Waals surface area contributed by atoms with Gasteiger partial charge in [0.15, 0.2) is 11.5 Å². The molecule has 0 fully saturated rings. The molecule has 2 aromatic heterocycles. The van der Waals surface area contributed by atoms with Crippen molar-refractivity contribution in [1.29, 1.82) is 0 Å². The van der Waals surface area contributed by atoms with Crippen LogP contribution in [0.3, 0.4) is 0 Å². The minimum Gasteiger partial charge on any atom is -0.459 e. The molecule has 0 aromatic carbocycles. The molecule has 0 spiro atoms. The number of carbonyl (C=O) groups excluding carboxylic acids is 1. The number of carbonyl (C=O) groups is 1. The van der Waals surface area contributed by atoms with Crippen molar-refractivity contribution in [2.45, 2.75) is 25.7 Å². The van der Waals surface area contributed by atoms with Crippen molar-refractivity contribution < 1.29 is 27.1 Å². The van der Waals surface area contributed by atoms with Crippen molar-refractivity contribution >= 4 is 5.91 Å². The van der Waals surface area contributed by atoms with Gasteiger partial charge in [0.1, 0.15) is 0 Å². The normalized spacial score (nSPS) is 14.6. The Morgan fingerprint density at radius 3 is 2.96 bits per heavy atom. The summed E-state index contributed by atoms with van der Waals surface area (Å²) in [7, 11) is 0. The SMILES string of the molecule is O=C(NCCn1nc(C(F)(F)F)c2c1CCOC2)c1ccco1. The fourth-order valence-corrected chi connectivity index (χ4v) is 2.49. The maximum atomic E-state index is 13.0. The van der Waals surface area contributed by atoms with Gasteiger partial charge in [-0.05, 0) is 12.1 Å². The second-order valence-corrected chi connectivity index (χ2v) is 5.03. The fraction of sp³-hybridized carbons (Fsp3) is 0.429. The number of rotatable bonds is 4. The van der Waals surface area contributed by atoms with Gasteiger partial charge in [-0.1, -0.05) is 0 Å². The highest BCUT2D eigenvalue weighted by Crippen LogP contribution is 2.34. The first-order valence-electron chi connectivity index (χ1n) is 7.02. The minimum atomic E-state index is -4.52. The first kappa shape index (κ1) is 15.6. The molecular weight excluding hydrogens is 315 g/mol. The molecule has 6 nitrogen and oxygen atoms in total. The fourth-order valence-electron chi connectivity index (χ4n) is 2.49. The zero-order valence-electron chi connectivity index (χ0n) is 12.0. The Bertz CT molecular complexity index is 692. The first-order chi connectivity index (χ1) is 11.0. The number of hydrogen-bond acceptors (Lipinski definition) is 4. The second-order valence-electron chi connectivity index (χ2n) is 5.03. The van der Waals surface area contributed by atoms with Crippen LogP contribution in [0.5, 0.6) is 0 Å². The summed E-state index contributed by atoms with van der Waals surface area (Å²) in [5.74, 6) is -0.271. The second kappa shape index (κ2) is 6.07. The summed E-state index contributed by atoms with van der Waals surface area (Å²) in [4.78, 5) is 11.7. The monoisotopic (exact) mass is 329 g/mol. The lowest BCUT2D eigenvalue weighted by atomic mass is 10.1. The number of amides is 1. The predicted molar refractivity (Wildman–Crippen MR) is 71.6 cm³/mol. The van der Waals surface area contributed by atoms with Crippen LogP contribution in [0.25, 0.3) is 0 Å². The van der Waals surface area contributed by atoms with Crippen molar-refractivity contribution in [3.05, 3.63) is 41.1 Å². The summed E-state index contributed by atoms with van der Waals surface area (Å²) in [6.07, 6.45) is -2.79. The molecule has 0 unspecified atom stereocenters. The van der Waals surface area contributed by atoms with Crippen LogP contribution in [-0.4, -0.2) is 28.8 Å². The number of hydrogen-bond donors (Lipinski definition) is 1. The lowest BCUT2D eigenvalue weighted by molar-refractivity contribution is -0.142. The maximum Gasteiger partial charge on any atom is 0.435 e. The molecule has 0 saturated heterocycles. The first-order valence-corrected chi connectivity index (χ1v) is 7.02. The molecule has 2 aromatic rings. The van der Waals surface area contributed by atoms with Crippen molar-refractivity contribution in [2.24, 2.45) is 0 Å². The molecule has 1 N–H and O–H groups in total. The number of nitrogens with one attached hydrogen (secondary N) is 1. The van der Waals surface area contributed by atoms with Gasteiger partial charge in [0, 0.05) is 24.2 Å². The molecule has 0 aliphatic carbocycles. The molecular formula is C14H14F3N3O3. The number of alkyl halides is 3. The Morgan fingerprint density at radius 1 is 1.43 bits per heavy atom. The molecule has 1 aliphatic heterocycles. The number of halogens is 3. The van der Waals surface area contributed by atoms with Gasteiger partial charge in [-0.3, -0.25) is 9.48 Å². The van der Waals surface area contributed by atoms with Gasteiger partial charge in [-0.15, -0.1) is 0 Å². The van der Waals surface area contributed by atoms with E-state index >= 15 is 0 Å². The van der Waals surface area contributed by atoms with Crippen molar-refractivity contribution in [1.82, 2.24) is 15.1 Å². The smallest absolute Gasteiger partial charge is 0.435 e. The van der Waals surface area contributed by atoms with Gasteiger partial charge in [0.25, 0.3) is 5.91 Å². The molecule has 0 radical (unpaired) electrons. The van der Waals surface area contributed by atoms with E-state index in [1.165, 1.54) is 17.0 Å². The molecule has 3 heterocycles. The average molecular weight is 329 g/mol. The highest BCUT2D eigenvalue weighted by atomic mass is 19.4. The number of fused-ring (bicyclic) bond motifs is 1. The largest absolute Gasteiger partial charge is 0.459 e. The standard InChI is InChI=1S/C14H14F3N3O3/c15-14(16,17)12-9-8-22-7-3-10(9)20(19-12)5-4-18-13(21)11-2-1-6-23-11/h1-2,6H,3-5,7-8H2,(H,18,21). The minimum absolute atomic E-state index is 0.0844. The Labute approximate surface area is 129 Å². The van der Waals surface area contributed by atoms with E-state index in [1.807, 2.05) is 0 Å². The van der Waals surface area contributed by atoms with Crippen LogP contribution in [-0.2, 0) is 30.5 Å². The zero-order valence-corrected chi connectivity index (χ0v) is 12.0. The number of nitrogens with zero attached hydrogens (tertiary/aromatic N) is 2. The van der Waals surface area contributed by atoms with Crippen LogP contribution in [0, 0.1) is 0 Å². The summed E-state index contributed by atoms with van der Waals surface area (Å²) < 4.78 is 50.4. The summed E-state index contributed by atoms with van der Waals surface area (Å²) >= 11 is 0. The van der Waals surface area contributed by atoms with E-state index in [0.29, 0.717) is 18.7 Å². The Morgan fingerprint density at radius 2 is 2.26 bits per heavy atom. The summed E-state index contributed by atoms with van der Waals surface area (Å²) in [6, 6.07) is 3.08. The van der Waals surface area contributed by atoms with Gasteiger partial charge in [-0.2, -0.15) is 18.3 Å².